The van der Waals surface area contributed by atoms with Gasteiger partial charge in [0.15, 0.2) is 0 Å². The quantitative estimate of drug-likeness (QED) is 0.421. The molecule has 1 aliphatic heterocycles. The smallest absolute Gasteiger partial charge is 0.146 e. The van der Waals surface area contributed by atoms with Crippen LogP contribution >= 0.6 is 0 Å². The van der Waals surface area contributed by atoms with Crippen LogP contribution in [0.2, 0.25) is 0 Å². The van der Waals surface area contributed by atoms with Gasteiger partial charge >= 0.3 is 0 Å². The summed E-state index contributed by atoms with van der Waals surface area (Å²) in [5.41, 5.74) is 0. The Hall–Kier alpha value is -0.370. The maximum Gasteiger partial charge on any atom is 0.146 e. The third-order valence-electron chi connectivity index (χ3n) is 0.632. The van der Waals surface area contributed by atoms with E-state index in [9.17, 15) is 0 Å². The van der Waals surface area contributed by atoms with Crippen LogP contribution < -0.4 is 0 Å². The Bertz CT molecular complexity index is 69.9. The molecular formula is C4H6NO. The second-order valence-corrected chi connectivity index (χ2v) is 1.17. The fraction of sp³-hybridized carbons (Fsp3) is 0.500. The zero-order valence-corrected chi connectivity index (χ0v) is 3.59. The highest BCUT2D eigenvalue weighted by molar-refractivity contribution is 5.67. The summed E-state index contributed by atoms with van der Waals surface area (Å²) in [6, 6.07) is 0. The molecule has 0 amide bonds. The fourth-order valence-electron chi connectivity index (χ4n) is 0.340. The first-order valence-electron chi connectivity index (χ1n) is 1.90. The van der Waals surface area contributed by atoms with Crippen LogP contribution in [0, 0.1) is 6.61 Å². The Morgan fingerprint density at radius 1 is 1.83 bits per heavy atom. The minimum Gasteiger partial charge on any atom is -0.345 e. The number of ether oxygens (including phenoxy) is 1. The number of aliphatic imine (C=N–C) groups is 1. The lowest BCUT2D eigenvalue weighted by Gasteiger charge is -1.91. The topological polar surface area (TPSA) is 21.6 Å². The van der Waals surface area contributed by atoms with Crippen molar-refractivity contribution in [2.75, 3.05) is 0 Å². The lowest BCUT2D eigenvalue weighted by atomic mass is 10.7. The molecule has 0 aromatic carbocycles. The minimum atomic E-state index is 0.0602. The van der Waals surface area contributed by atoms with Gasteiger partial charge in [-0.1, -0.05) is 0 Å². The molecule has 6 heavy (non-hydrogen) atoms. The lowest BCUT2D eigenvalue weighted by molar-refractivity contribution is 0.166. The second kappa shape index (κ2) is 1.39. The Kier molecular flexibility index (Phi) is 0.881. The molecule has 0 aromatic heterocycles. The zero-order valence-electron chi connectivity index (χ0n) is 3.59. The van der Waals surface area contributed by atoms with Gasteiger partial charge in [-0.25, -0.2) is 0 Å². The highest BCUT2D eigenvalue weighted by Crippen LogP contribution is 1.98. The van der Waals surface area contributed by atoms with Gasteiger partial charge in [0.2, 0.25) is 0 Å². The molecule has 0 saturated carbocycles. The third kappa shape index (κ3) is 0.571. The van der Waals surface area contributed by atoms with Crippen molar-refractivity contribution in [3.8, 4) is 0 Å². The average molecular weight is 84.1 g/mol. The molecule has 33 valence electrons. The Balaban J connectivity index is 2.38. The number of hydrogen-bond acceptors (Lipinski definition) is 2. The summed E-state index contributed by atoms with van der Waals surface area (Å²) < 4.78 is 4.81. The molecule has 0 bridgehead atoms. The van der Waals surface area contributed by atoms with Crippen LogP contribution in [0.15, 0.2) is 4.99 Å². The van der Waals surface area contributed by atoms with Crippen molar-refractivity contribution in [1.82, 2.24) is 0 Å². The molecule has 0 fully saturated rings. The Morgan fingerprint density at radius 3 is 2.83 bits per heavy atom. The molecule has 2 heteroatoms. The second-order valence-electron chi connectivity index (χ2n) is 1.17. The summed E-state index contributed by atoms with van der Waals surface area (Å²) in [4.78, 5) is 3.83. The van der Waals surface area contributed by atoms with Gasteiger partial charge in [-0.05, 0) is 6.92 Å². The molecule has 0 saturated heterocycles. The molecule has 1 atom stereocenters. The number of nitrogens with zero attached hydrogens (tertiary/aromatic N) is 1. The van der Waals surface area contributed by atoms with E-state index in [4.69, 9.17) is 4.74 Å². The first kappa shape index (κ1) is 3.81. The molecule has 0 N–H and O–H groups in total. The van der Waals surface area contributed by atoms with Crippen LogP contribution in [0.1, 0.15) is 6.92 Å². The molecule has 0 aliphatic carbocycles. The van der Waals surface area contributed by atoms with Crippen molar-refractivity contribution in [3.05, 3.63) is 6.61 Å². The van der Waals surface area contributed by atoms with Crippen molar-refractivity contribution < 1.29 is 4.74 Å². The van der Waals surface area contributed by atoms with Crippen molar-refractivity contribution in [1.29, 1.82) is 0 Å². The van der Waals surface area contributed by atoms with E-state index in [0.29, 0.717) is 0 Å². The van der Waals surface area contributed by atoms with Crippen molar-refractivity contribution in [3.63, 3.8) is 0 Å². The predicted molar refractivity (Wildman–Crippen MR) is 23.3 cm³/mol. The summed E-state index contributed by atoms with van der Waals surface area (Å²) in [5, 5.41) is 0. The normalized spacial score (nSPS) is 31.8. The van der Waals surface area contributed by atoms with E-state index < -0.39 is 0 Å². The van der Waals surface area contributed by atoms with Crippen molar-refractivity contribution >= 4 is 6.21 Å². The van der Waals surface area contributed by atoms with E-state index in [1.807, 2.05) is 6.92 Å². The molecule has 1 rings (SSSR count). The average Bonchev–Trinajstić information content (AvgIpc) is 1.86. The molecule has 0 aromatic rings. The number of rotatable bonds is 0. The summed E-state index contributed by atoms with van der Waals surface area (Å²) in [7, 11) is 0. The molecule has 1 radical (unpaired) electrons. The maximum absolute atomic E-state index is 4.81. The van der Waals surface area contributed by atoms with Crippen LogP contribution in [0.25, 0.3) is 0 Å². The molecule has 1 aliphatic rings. The standard InChI is InChI=1S/C4H6NO/c1-4-5-2-3-6-4/h2-4H,1H3. The van der Waals surface area contributed by atoms with Crippen molar-refractivity contribution in [2.45, 2.75) is 13.2 Å². The van der Waals surface area contributed by atoms with Gasteiger partial charge in [0.25, 0.3) is 0 Å². The van der Waals surface area contributed by atoms with Gasteiger partial charge < -0.3 is 4.74 Å². The minimum absolute atomic E-state index is 0.0602. The molecule has 1 unspecified atom stereocenters. The fourth-order valence-corrected chi connectivity index (χ4v) is 0.340. The first-order chi connectivity index (χ1) is 2.89. The van der Waals surface area contributed by atoms with E-state index in [2.05, 4.69) is 4.99 Å². The summed E-state index contributed by atoms with van der Waals surface area (Å²) in [6.07, 6.45) is 1.72. The van der Waals surface area contributed by atoms with Gasteiger partial charge in [0.05, 0.1) is 0 Å². The van der Waals surface area contributed by atoms with E-state index in [1.54, 1.807) is 12.8 Å². The molecule has 0 spiro atoms. The summed E-state index contributed by atoms with van der Waals surface area (Å²) >= 11 is 0. The molecule has 1 heterocycles. The lowest BCUT2D eigenvalue weighted by Crippen LogP contribution is -1.91. The van der Waals surface area contributed by atoms with Crippen LogP contribution in [0.5, 0.6) is 0 Å². The summed E-state index contributed by atoms with van der Waals surface area (Å²) in [5.74, 6) is 0. The van der Waals surface area contributed by atoms with Gasteiger partial charge in [-0.2, -0.15) is 0 Å². The monoisotopic (exact) mass is 84.0 g/mol. The highest BCUT2D eigenvalue weighted by Gasteiger charge is 2.00. The Morgan fingerprint density at radius 2 is 2.67 bits per heavy atom. The zero-order chi connectivity index (χ0) is 4.41. The third-order valence-corrected chi connectivity index (χ3v) is 0.632. The van der Waals surface area contributed by atoms with Gasteiger partial charge in [-0.15, -0.1) is 0 Å². The molecule has 2 nitrogen and oxygen atoms in total. The van der Waals surface area contributed by atoms with Gasteiger partial charge in [-0.3, -0.25) is 4.99 Å². The van der Waals surface area contributed by atoms with Crippen LogP contribution in [0.3, 0.4) is 0 Å². The predicted octanol–water partition coefficient (Wildman–Crippen LogP) is 0.595. The van der Waals surface area contributed by atoms with Crippen LogP contribution in [-0.4, -0.2) is 12.4 Å². The Labute approximate surface area is 36.8 Å². The summed E-state index contributed by atoms with van der Waals surface area (Å²) in [6.45, 7) is 3.48. The van der Waals surface area contributed by atoms with Crippen LogP contribution in [0.4, 0.5) is 0 Å². The largest absolute Gasteiger partial charge is 0.345 e. The first-order valence-corrected chi connectivity index (χ1v) is 1.90. The maximum atomic E-state index is 4.81. The van der Waals surface area contributed by atoms with Crippen LogP contribution in [-0.2, 0) is 4.74 Å². The van der Waals surface area contributed by atoms with Crippen molar-refractivity contribution in [2.24, 2.45) is 4.99 Å². The molecular weight excluding hydrogens is 78.0 g/mol. The van der Waals surface area contributed by atoms with E-state index >= 15 is 0 Å². The SMILES string of the molecule is CC1N=C[CH]O1. The van der Waals surface area contributed by atoms with Gasteiger partial charge in [0.1, 0.15) is 12.8 Å². The number of hydrogen-bond donors (Lipinski definition) is 0. The van der Waals surface area contributed by atoms with E-state index in [1.165, 1.54) is 0 Å². The van der Waals surface area contributed by atoms with E-state index in [0.717, 1.165) is 0 Å². The highest BCUT2D eigenvalue weighted by atomic mass is 16.5. The van der Waals surface area contributed by atoms with Gasteiger partial charge in [0, 0.05) is 6.21 Å². The van der Waals surface area contributed by atoms with E-state index in [-0.39, 0.29) is 6.23 Å².